The monoisotopic (exact) mass is 442 g/mol. The first-order valence-corrected chi connectivity index (χ1v) is 11.6. The van der Waals surface area contributed by atoms with E-state index in [1.54, 1.807) is 33.1 Å². The smallest absolute Gasteiger partial charge is 0.252 e. The Morgan fingerprint density at radius 3 is 2.53 bits per heavy atom. The average Bonchev–Trinajstić information content (AvgIpc) is 3.04. The van der Waals surface area contributed by atoms with Crippen LogP contribution < -0.4 is 9.54 Å². The van der Waals surface area contributed by atoms with E-state index in [-0.39, 0.29) is 17.2 Å². The van der Waals surface area contributed by atoms with Gasteiger partial charge in [0.05, 0.1) is 40.4 Å². The molecule has 6 nitrogen and oxygen atoms in total. The second-order valence-corrected chi connectivity index (χ2v) is 10.4. The van der Waals surface area contributed by atoms with Gasteiger partial charge in [-0.05, 0) is 49.7 Å². The summed E-state index contributed by atoms with van der Waals surface area (Å²) in [5, 5.41) is -0.502. The fourth-order valence-corrected chi connectivity index (χ4v) is 5.03. The number of fused-ring (bicyclic) bond motifs is 1. The molecule has 0 atom stereocenters. The number of carbonyl (C=O) groups is 1. The van der Waals surface area contributed by atoms with E-state index in [2.05, 4.69) is 10.9 Å². The number of rotatable bonds is 6. The Bertz CT molecular complexity index is 1290. The molecule has 0 saturated heterocycles. The SMILES string of the molecule is C#CCn1c(=NC(=O)Cc2ccc(S(=O)(=O)C(C)C)cc2)sc2cc(OC)ccc21. The number of terminal acetylenes is 1. The summed E-state index contributed by atoms with van der Waals surface area (Å²) < 4.78 is 32.4. The highest BCUT2D eigenvalue weighted by molar-refractivity contribution is 7.92. The van der Waals surface area contributed by atoms with Crippen LogP contribution in [0.15, 0.2) is 52.4 Å². The van der Waals surface area contributed by atoms with Crippen molar-refractivity contribution in [1.29, 1.82) is 0 Å². The second-order valence-electron chi connectivity index (χ2n) is 6.93. The van der Waals surface area contributed by atoms with Crippen molar-refractivity contribution >= 4 is 37.3 Å². The molecule has 3 rings (SSSR count). The predicted molar refractivity (Wildman–Crippen MR) is 118 cm³/mol. The molecule has 0 radical (unpaired) electrons. The van der Waals surface area contributed by atoms with Crippen LogP contribution in [0.1, 0.15) is 19.4 Å². The van der Waals surface area contributed by atoms with Crippen LogP contribution in [0, 0.1) is 12.3 Å². The fraction of sp³-hybridized carbons (Fsp3) is 0.273. The van der Waals surface area contributed by atoms with Gasteiger partial charge in [-0.2, -0.15) is 4.99 Å². The number of benzene rings is 2. The molecule has 0 spiro atoms. The zero-order valence-electron chi connectivity index (χ0n) is 17.0. The second kappa shape index (κ2) is 8.86. The van der Waals surface area contributed by atoms with Crippen molar-refractivity contribution in [1.82, 2.24) is 4.57 Å². The molecule has 0 aliphatic rings. The maximum atomic E-state index is 12.6. The number of amides is 1. The predicted octanol–water partition coefficient (Wildman–Crippen LogP) is 3.20. The van der Waals surface area contributed by atoms with Gasteiger partial charge in [0, 0.05) is 0 Å². The first-order chi connectivity index (χ1) is 14.3. The number of aromatic nitrogens is 1. The third kappa shape index (κ3) is 4.48. The van der Waals surface area contributed by atoms with E-state index < -0.39 is 15.1 Å². The van der Waals surface area contributed by atoms with Crippen molar-refractivity contribution in [3.05, 3.63) is 52.8 Å². The minimum Gasteiger partial charge on any atom is -0.497 e. The Balaban J connectivity index is 1.90. The number of hydrogen-bond donors (Lipinski definition) is 0. The topological polar surface area (TPSA) is 77.7 Å². The normalized spacial score (nSPS) is 12.3. The zero-order valence-corrected chi connectivity index (χ0v) is 18.6. The lowest BCUT2D eigenvalue weighted by Gasteiger charge is -2.08. The molecule has 8 heteroatoms. The van der Waals surface area contributed by atoms with Crippen molar-refractivity contribution in [2.24, 2.45) is 4.99 Å². The molecule has 0 unspecified atom stereocenters. The number of sulfone groups is 1. The van der Waals surface area contributed by atoms with Crippen LogP contribution in [0.3, 0.4) is 0 Å². The Labute approximate surface area is 179 Å². The minimum absolute atomic E-state index is 0.0651. The maximum absolute atomic E-state index is 12.6. The van der Waals surface area contributed by atoms with E-state index in [4.69, 9.17) is 11.2 Å². The van der Waals surface area contributed by atoms with E-state index in [1.807, 2.05) is 22.8 Å². The van der Waals surface area contributed by atoms with Crippen LogP contribution >= 0.6 is 11.3 Å². The van der Waals surface area contributed by atoms with Gasteiger partial charge < -0.3 is 9.30 Å². The summed E-state index contributed by atoms with van der Waals surface area (Å²) in [6, 6.07) is 12.0. The fourth-order valence-electron chi connectivity index (χ4n) is 2.90. The molecule has 1 aromatic heterocycles. The molecule has 0 fully saturated rings. The first-order valence-electron chi connectivity index (χ1n) is 9.27. The highest BCUT2D eigenvalue weighted by Gasteiger charge is 2.19. The summed E-state index contributed by atoms with van der Waals surface area (Å²) in [4.78, 5) is 17.6. The van der Waals surface area contributed by atoms with Gasteiger partial charge >= 0.3 is 0 Å². The van der Waals surface area contributed by atoms with E-state index in [0.29, 0.717) is 22.7 Å². The number of carbonyl (C=O) groups excluding carboxylic acids is 1. The van der Waals surface area contributed by atoms with E-state index >= 15 is 0 Å². The van der Waals surface area contributed by atoms with Gasteiger partial charge in [-0.1, -0.05) is 29.4 Å². The molecule has 0 aliphatic carbocycles. The Morgan fingerprint density at radius 1 is 1.23 bits per heavy atom. The van der Waals surface area contributed by atoms with Crippen molar-refractivity contribution in [2.45, 2.75) is 37.0 Å². The Kier molecular flexibility index (Phi) is 6.44. The molecule has 0 N–H and O–H groups in total. The highest BCUT2D eigenvalue weighted by atomic mass is 32.2. The zero-order chi connectivity index (χ0) is 21.9. The Hall–Kier alpha value is -2.89. The molecule has 0 saturated carbocycles. The number of thiazole rings is 1. The van der Waals surface area contributed by atoms with E-state index in [1.165, 1.54) is 23.5 Å². The summed E-state index contributed by atoms with van der Waals surface area (Å²) in [6.07, 6.45) is 5.56. The standard InChI is InChI=1S/C22H22N2O4S2/c1-5-12-24-19-11-8-17(28-4)14-20(19)29-22(24)23-21(25)13-16-6-9-18(10-7-16)30(26,27)15(2)3/h1,6-11,14-15H,12-13H2,2-4H3. The van der Waals surface area contributed by atoms with Crippen LogP contribution in [-0.2, 0) is 27.6 Å². The Morgan fingerprint density at radius 2 is 1.93 bits per heavy atom. The van der Waals surface area contributed by atoms with Gasteiger partial charge in [0.1, 0.15) is 5.75 Å². The van der Waals surface area contributed by atoms with Gasteiger partial charge in [-0.25, -0.2) is 8.42 Å². The summed E-state index contributed by atoms with van der Waals surface area (Å²) >= 11 is 1.36. The van der Waals surface area contributed by atoms with Gasteiger partial charge in [0.2, 0.25) is 0 Å². The average molecular weight is 443 g/mol. The van der Waals surface area contributed by atoms with Crippen molar-refractivity contribution in [3.63, 3.8) is 0 Å². The van der Waals surface area contributed by atoms with Crippen LogP contribution in [0.25, 0.3) is 10.2 Å². The van der Waals surface area contributed by atoms with Crippen molar-refractivity contribution < 1.29 is 17.9 Å². The molecule has 3 aromatic rings. The van der Waals surface area contributed by atoms with Crippen molar-refractivity contribution in [3.8, 4) is 18.1 Å². The summed E-state index contributed by atoms with van der Waals surface area (Å²) in [6.45, 7) is 3.57. The van der Waals surface area contributed by atoms with Crippen LogP contribution in [0.2, 0.25) is 0 Å². The number of nitrogens with zero attached hydrogens (tertiary/aromatic N) is 2. The molecule has 1 heterocycles. The summed E-state index contributed by atoms with van der Waals surface area (Å²) in [7, 11) is -1.75. The van der Waals surface area contributed by atoms with Gasteiger partial charge in [0.15, 0.2) is 14.6 Å². The van der Waals surface area contributed by atoms with Crippen LogP contribution in [0.5, 0.6) is 5.75 Å². The maximum Gasteiger partial charge on any atom is 0.252 e. The highest BCUT2D eigenvalue weighted by Crippen LogP contribution is 2.23. The number of ether oxygens (including phenoxy) is 1. The van der Waals surface area contributed by atoms with Crippen LogP contribution in [-0.4, -0.2) is 31.3 Å². The largest absolute Gasteiger partial charge is 0.497 e. The number of methoxy groups -OCH3 is 1. The first kappa shape index (κ1) is 21.8. The third-order valence-electron chi connectivity index (χ3n) is 4.59. The summed E-state index contributed by atoms with van der Waals surface area (Å²) in [5.74, 6) is 2.97. The third-order valence-corrected chi connectivity index (χ3v) is 7.80. The molecule has 1 amide bonds. The molecule has 0 bridgehead atoms. The molecule has 0 aliphatic heterocycles. The lowest BCUT2D eigenvalue weighted by molar-refractivity contribution is -0.117. The van der Waals surface area contributed by atoms with Crippen molar-refractivity contribution in [2.75, 3.05) is 7.11 Å². The molecular formula is C22H22N2O4S2. The quantitative estimate of drug-likeness (QED) is 0.549. The van der Waals surface area contributed by atoms with Gasteiger partial charge in [-0.15, -0.1) is 6.42 Å². The summed E-state index contributed by atoms with van der Waals surface area (Å²) in [5.41, 5.74) is 1.58. The number of hydrogen-bond acceptors (Lipinski definition) is 5. The lowest BCUT2D eigenvalue weighted by atomic mass is 10.1. The van der Waals surface area contributed by atoms with E-state index in [9.17, 15) is 13.2 Å². The molecular weight excluding hydrogens is 420 g/mol. The van der Waals surface area contributed by atoms with Gasteiger partial charge in [0.25, 0.3) is 5.91 Å². The van der Waals surface area contributed by atoms with Crippen LogP contribution in [0.4, 0.5) is 0 Å². The van der Waals surface area contributed by atoms with E-state index in [0.717, 1.165) is 10.2 Å². The lowest BCUT2D eigenvalue weighted by Crippen LogP contribution is -2.17. The molecule has 156 valence electrons. The molecule has 30 heavy (non-hydrogen) atoms. The van der Waals surface area contributed by atoms with Gasteiger partial charge in [-0.3, -0.25) is 4.79 Å². The minimum atomic E-state index is -3.34. The molecule has 2 aromatic carbocycles.